The van der Waals surface area contributed by atoms with E-state index in [1.54, 1.807) is 19.1 Å². The topological polar surface area (TPSA) is 86.8 Å². The van der Waals surface area contributed by atoms with Crippen molar-refractivity contribution in [2.24, 2.45) is 0 Å². The van der Waals surface area contributed by atoms with Gasteiger partial charge in [0.15, 0.2) is 0 Å². The maximum absolute atomic E-state index is 13.9. The highest BCUT2D eigenvalue weighted by molar-refractivity contribution is 9.10. The van der Waals surface area contributed by atoms with Gasteiger partial charge in [-0.25, -0.2) is 8.42 Å². The normalized spacial score (nSPS) is 12.1. The van der Waals surface area contributed by atoms with Crippen molar-refractivity contribution in [2.75, 3.05) is 17.4 Å². The number of benzene rings is 3. The summed E-state index contributed by atoms with van der Waals surface area (Å²) >= 11 is 15.8. The number of rotatable bonds is 11. The first-order valence-electron chi connectivity index (χ1n) is 12.3. The number of carbonyl (C=O) groups is 2. The molecule has 3 aromatic rings. The lowest BCUT2D eigenvalue weighted by molar-refractivity contribution is -0.139. The quantitative estimate of drug-likeness (QED) is 0.267. The minimum Gasteiger partial charge on any atom is -0.354 e. The molecule has 39 heavy (non-hydrogen) atoms. The van der Waals surface area contributed by atoms with E-state index in [0.29, 0.717) is 6.54 Å². The van der Waals surface area contributed by atoms with E-state index >= 15 is 0 Å². The van der Waals surface area contributed by atoms with Crippen molar-refractivity contribution < 1.29 is 18.0 Å². The maximum Gasteiger partial charge on any atom is 0.264 e. The summed E-state index contributed by atoms with van der Waals surface area (Å²) in [5.74, 6) is -0.898. The predicted molar refractivity (Wildman–Crippen MR) is 160 cm³/mol. The number of carbonyl (C=O) groups excluding carboxylic acids is 2. The van der Waals surface area contributed by atoms with Gasteiger partial charge >= 0.3 is 0 Å². The molecule has 0 fully saturated rings. The van der Waals surface area contributed by atoms with Crippen LogP contribution in [0, 0.1) is 6.92 Å². The average molecular weight is 655 g/mol. The van der Waals surface area contributed by atoms with E-state index in [0.717, 1.165) is 26.3 Å². The molecular weight excluding hydrogens is 625 g/mol. The summed E-state index contributed by atoms with van der Waals surface area (Å²) < 4.78 is 29.5. The summed E-state index contributed by atoms with van der Waals surface area (Å²) in [7, 11) is -4.21. The Labute approximate surface area is 248 Å². The largest absolute Gasteiger partial charge is 0.354 e. The molecule has 3 aromatic carbocycles. The van der Waals surface area contributed by atoms with Gasteiger partial charge in [-0.2, -0.15) is 0 Å². The molecular formula is C28H30BrCl2N3O4S. The number of sulfonamides is 1. The van der Waals surface area contributed by atoms with Crippen LogP contribution in [0.2, 0.25) is 10.0 Å². The number of anilines is 1. The zero-order chi connectivity index (χ0) is 28.7. The fourth-order valence-electron chi connectivity index (χ4n) is 3.81. The van der Waals surface area contributed by atoms with Gasteiger partial charge in [0, 0.05) is 27.6 Å². The second-order valence-electron chi connectivity index (χ2n) is 9.07. The number of nitrogens with zero attached hydrogens (tertiary/aromatic N) is 2. The number of aryl methyl sites for hydroxylation is 1. The Balaban J connectivity index is 2.04. The molecule has 0 aliphatic carbocycles. The van der Waals surface area contributed by atoms with Crippen molar-refractivity contribution in [2.45, 2.75) is 44.7 Å². The molecule has 208 valence electrons. The van der Waals surface area contributed by atoms with Crippen LogP contribution >= 0.6 is 39.1 Å². The molecule has 2 amide bonds. The van der Waals surface area contributed by atoms with E-state index in [4.69, 9.17) is 23.2 Å². The molecule has 11 heteroatoms. The van der Waals surface area contributed by atoms with Crippen LogP contribution in [0.3, 0.4) is 0 Å². The number of hydrogen-bond acceptors (Lipinski definition) is 4. The molecule has 1 N–H and O–H groups in total. The molecule has 3 rings (SSSR count). The highest BCUT2D eigenvalue weighted by Gasteiger charge is 2.32. The minimum absolute atomic E-state index is 0.00481. The van der Waals surface area contributed by atoms with Crippen molar-refractivity contribution >= 4 is 66.7 Å². The van der Waals surface area contributed by atoms with E-state index in [1.807, 2.05) is 38.1 Å². The molecule has 0 unspecified atom stereocenters. The second kappa shape index (κ2) is 13.7. The van der Waals surface area contributed by atoms with Crippen LogP contribution in [-0.2, 0) is 26.2 Å². The third-order valence-electron chi connectivity index (χ3n) is 6.01. The molecule has 0 spiro atoms. The van der Waals surface area contributed by atoms with E-state index < -0.39 is 28.5 Å². The summed E-state index contributed by atoms with van der Waals surface area (Å²) in [4.78, 5) is 28.2. The Morgan fingerprint density at radius 2 is 1.56 bits per heavy atom. The SMILES string of the molecule is CCCNC(=O)[C@H](C)N(Cc1ccc(Br)cc1)C(=O)CN(c1cc(Cl)cc(Cl)c1)S(=O)(=O)c1ccc(C)cc1. The van der Waals surface area contributed by atoms with Crippen LogP contribution in [0.1, 0.15) is 31.4 Å². The molecule has 0 saturated carbocycles. The van der Waals surface area contributed by atoms with Gasteiger partial charge in [0.25, 0.3) is 10.0 Å². The van der Waals surface area contributed by atoms with Crippen LogP contribution in [-0.4, -0.2) is 44.3 Å². The van der Waals surface area contributed by atoms with Crippen molar-refractivity contribution in [3.05, 3.63) is 92.4 Å². The van der Waals surface area contributed by atoms with Crippen LogP contribution in [0.4, 0.5) is 5.69 Å². The highest BCUT2D eigenvalue weighted by atomic mass is 79.9. The van der Waals surface area contributed by atoms with Crippen molar-refractivity contribution in [1.29, 1.82) is 0 Å². The molecule has 0 aliphatic heterocycles. The van der Waals surface area contributed by atoms with Crippen LogP contribution < -0.4 is 9.62 Å². The first-order chi connectivity index (χ1) is 18.4. The molecule has 7 nitrogen and oxygen atoms in total. The third kappa shape index (κ3) is 8.20. The molecule has 0 aliphatic rings. The molecule has 0 heterocycles. The van der Waals surface area contributed by atoms with Crippen LogP contribution in [0.25, 0.3) is 0 Å². The zero-order valence-electron chi connectivity index (χ0n) is 21.8. The number of amides is 2. The first-order valence-corrected chi connectivity index (χ1v) is 15.3. The Morgan fingerprint density at radius 1 is 0.974 bits per heavy atom. The van der Waals surface area contributed by atoms with Gasteiger partial charge in [-0.05, 0) is 68.3 Å². The minimum atomic E-state index is -4.21. The fourth-order valence-corrected chi connectivity index (χ4v) is 5.99. The van der Waals surface area contributed by atoms with Crippen LogP contribution in [0.15, 0.2) is 76.1 Å². The Hall–Kier alpha value is -2.59. The average Bonchev–Trinajstić information content (AvgIpc) is 2.89. The lowest BCUT2D eigenvalue weighted by Gasteiger charge is -2.32. The molecule has 0 saturated heterocycles. The van der Waals surface area contributed by atoms with E-state index in [9.17, 15) is 18.0 Å². The van der Waals surface area contributed by atoms with E-state index in [1.165, 1.54) is 35.2 Å². The van der Waals surface area contributed by atoms with Gasteiger partial charge in [-0.1, -0.05) is 75.9 Å². The predicted octanol–water partition coefficient (Wildman–Crippen LogP) is 6.20. The Kier molecular flexibility index (Phi) is 10.8. The fraction of sp³-hybridized carbons (Fsp3) is 0.286. The number of hydrogen-bond donors (Lipinski definition) is 1. The molecule has 1 atom stereocenters. The van der Waals surface area contributed by atoms with Gasteiger partial charge in [0.05, 0.1) is 10.6 Å². The summed E-state index contributed by atoms with van der Waals surface area (Å²) in [6.07, 6.45) is 0.733. The van der Waals surface area contributed by atoms with Gasteiger partial charge in [0.2, 0.25) is 11.8 Å². The zero-order valence-corrected chi connectivity index (χ0v) is 25.7. The van der Waals surface area contributed by atoms with Crippen molar-refractivity contribution in [3.8, 4) is 0 Å². The molecule has 0 aromatic heterocycles. The summed E-state index contributed by atoms with van der Waals surface area (Å²) in [5, 5.41) is 3.25. The number of nitrogens with one attached hydrogen (secondary N) is 1. The smallest absolute Gasteiger partial charge is 0.264 e. The Morgan fingerprint density at radius 3 is 2.13 bits per heavy atom. The Bertz CT molecular complexity index is 1400. The summed E-state index contributed by atoms with van der Waals surface area (Å²) in [6, 6.07) is 17.1. The van der Waals surface area contributed by atoms with Gasteiger partial charge < -0.3 is 10.2 Å². The lowest BCUT2D eigenvalue weighted by atomic mass is 10.1. The van der Waals surface area contributed by atoms with Gasteiger partial charge in [-0.3, -0.25) is 13.9 Å². The third-order valence-corrected chi connectivity index (χ3v) is 8.76. The van der Waals surface area contributed by atoms with Gasteiger partial charge in [-0.15, -0.1) is 0 Å². The number of halogens is 3. The summed E-state index contributed by atoms with van der Waals surface area (Å²) in [6.45, 7) is 5.38. The lowest BCUT2D eigenvalue weighted by Crippen LogP contribution is -2.51. The summed E-state index contributed by atoms with van der Waals surface area (Å²) in [5.41, 5.74) is 1.79. The molecule has 0 bridgehead atoms. The standard InChI is InChI=1S/C28H30BrCl2N3O4S/c1-4-13-32-28(36)20(3)33(17-21-7-9-22(29)10-8-21)27(35)18-34(25-15-23(30)14-24(31)16-25)39(37,38)26-11-5-19(2)6-12-26/h5-12,14-16,20H,4,13,17-18H2,1-3H3,(H,32,36)/t20-/m0/s1. The van der Waals surface area contributed by atoms with Crippen LogP contribution in [0.5, 0.6) is 0 Å². The maximum atomic E-state index is 13.9. The van der Waals surface area contributed by atoms with E-state index in [2.05, 4.69) is 21.2 Å². The molecule has 0 radical (unpaired) electrons. The first kappa shape index (κ1) is 30.9. The van der Waals surface area contributed by atoms with E-state index in [-0.39, 0.29) is 33.1 Å². The van der Waals surface area contributed by atoms with Gasteiger partial charge in [0.1, 0.15) is 12.6 Å². The highest BCUT2D eigenvalue weighted by Crippen LogP contribution is 2.30. The van der Waals surface area contributed by atoms with Crippen molar-refractivity contribution in [1.82, 2.24) is 10.2 Å². The second-order valence-corrected chi connectivity index (χ2v) is 12.7. The monoisotopic (exact) mass is 653 g/mol. The van der Waals surface area contributed by atoms with Crippen molar-refractivity contribution in [3.63, 3.8) is 0 Å².